The smallest absolute Gasteiger partial charge is 0.224 e. The molecule has 216 valence electrons. The van der Waals surface area contributed by atoms with Gasteiger partial charge in [0.2, 0.25) is 11.8 Å². The highest BCUT2D eigenvalue weighted by Crippen LogP contribution is 2.45. The predicted octanol–water partition coefficient (Wildman–Crippen LogP) is 3.18. The third-order valence-corrected chi connectivity index (χ3v) is 7.78. The zero-order valence-electron chi connectivity index (χ0n) is 23.3. The van der Waals surface area contributed by atoms with Crippen LogP contribution in [0.2, 0.25) is 0 Å². The number of rotatable bonds is 6. The van der Waals surface area contributed by atoms with Gasteiger partial charge in [0, 0.05) is 49.0 Å². The van der Waals surface area contributed by atoms with Gasteiger partial charge in [-0.15, -0.1) is 18.8 Å². The summed E-state index contributed by atoms with van der Waals surface area (Å²) in [5.41, 5.74) is 2.13. The van der Waals surface area contributed by atoms with Crippen molar-refractivity contribution in [1.82, 2.24) is 16.0 Å². The van der Waals surface area contributed by atoms with Crippen LogP contribution in [0.3, 0.4) is 0 Å². The largest absolute Gasteiger partial charge is 0.493 e. The molecule has 2 aromatic carbocycles. The first-order valence-corrected chi connectivity index (χ1v) is 14.2. The summed E-state index contributed by atoms with van der Waals surface area (Å²) in [6, 6.07) is 11.5. The van der Waals surface area contributed by atoms with Crippen LogP contribution in [0.5, 0.6) is 5.75 Å². The number of carbonyl (C=O) groups excluding carboxylic acids is 2. The number of carbonyl (C=O) groups is 2. The molecular formula is C33H38FN3O4. The van der Waals surface area contributed by atoms with E-state index in [-0.39, 0.29) is 49.6 Å². The van der Waals surface area contributed by atoms with Crippen molar-refractivity contribution in [2.45, 2.75) is 69.1 Å². The Morgan fingerprint density at radius 2 is 2.00 bits per heavy atom. The van der Waals surface area contributed by atoms with Crippen LogP contribution in [0.15, 0.2) is 42.5 Å². The average Bonchev–Trinajstić information content (AvgIpc) is 3.76. The molecule has 0 aromatic heterocycles. The molecule has 1 saturated carbocycles. The van der Waals surface area contributed by atoms with Crippen LogP contribution < -0.4 is 20.7 Å². The molecule has 7 nitrogen and oxygen atoms in total. The highest BCUT2D eigenvalue weighted by atomic mass is 19.1. The van der Waals surface area contributed by atoms with Crippen LogP contribution in [0, 0.1) is 36.4 Å². The molecule has 8 heteroatoms. The van der Waals surface area contributed by atoms with E-state index in [2.05, 4.69) is 27.8 Å². The highest BCUT2D eigenvalue weighted by molar-refractivity contribution is 5.81. The summed E-state index contributed by atoms with van der Waals surface area (Å²) < 4.78 is 20.3. The van der Waals surface area contributed by atoms with E-state index in [0.717, 1.165) is 24.0 Å². The predicted molar refractivity (Wildman–Crippen MR) is 155 cm³/mol. The highest BCUT2D eigenvalue weighted by Gasteiger charge is 2.44. The number of amides is 2. The van der Waals surface area contributed by atoms with Gasteiger partial charge in [-0.2, -0.15) is 0 Å². The van der Waals surface area contributed by atoms with Crippen molar-refractivity contribution in [2.75, 3.05) is 19.7 Å². The third-order valence-electron chi connectivity index (χ3n) is 7.78. The number of terminal acetylenes is 2. The second-order valence-corrected chi connectivity index (χ2v) is 10.9. The summed E-state index contributed by atoms with van der Waals surface area (Å²) in [6.45, 7) is 1.04. The van der Waals surface area contributed by atoms with Crippen LogP contribution in [-0.2, 0) is 21.5 Å². The standard InChI is InChI=1S/C33H38FN3O4/c1-3-8-25-11-12-31(39)35-15-5-6-16-41-28-19-24(18-27(34)21-28)20-29(37-32(25)40)30(38)22-36-33(13-14-33)26-10-7-9-23(4-2)17-26/h1-2,7,9-10,17-19,21,25,29-30,36,38H,5-6,8,11-16,20,22H2,(H,35,39)(H,37,40)/t25?,29-,30+/m0/s1. The van der Waals surface area contributed by atoms with Gasteiger partial charge in [-0.3, -0.25) is 9.59 Å². The van der Waals surface area contributed by atoms with E-state index in [4.69, 9.17) is 17.6 Å². The van der Waals surface area contributed by atoms with Crippen molar-refractivity contribution in [3.8, 4) is 30.4 Å². The lowest BCUT2D eigenvalue weighted by atomic mass is 9.95. The number of hydrogen-bond donors (Lipinski definition) is 4. The Morgan fingerprint density at radius 1 is 1.17 bits per heavy atom. The number of hydrogen-bond acceptors (Lipinski definition) is 5. The molecule has 0 saturated heterocycles. The molecule has 41 heavy (non-hydrogen) atoms. The normalized spacial score (nSPS) is 22.0. The Bertz CT molecular complexity index is 1310. The number of aliphatic hydroxyl groups is 1. The van der Waals surface area contributed by atoms with E-state index >= 15 is 0 Å². The van der Waals surface area contributed by atoms with E-state index in [1.165, 1.54) is 12.1 Å². The Labute approximate surface area is 241 Å². The van der Waals surface area contributed by atoms with Crippen molar-refractivity contribution in [1.29, 1.82) is 0 Å². The maximum absolute atomic E-state index is 14.5. The molecule has 2 amide bonds. The SMILES string of the molecule is C#CCC1CCC(=O)NCCCCOc2cc(F)cc(c2)C[C@@H]([C@H](O)CNC2(c3cccc(C#C)c3)CC2)NC1=O. The summed E-state index contributed by atoms with van der Waals surface area (Å²) in [7, 11) is 0. The summed E-state index contributed by atoms with van der Waals surface area (Å²) in [5.74, 6) is 4.01. The van der Waals surface area contributed by atoms with E-state index in [0.29, 0.717) is 37.3 Å². The van der Waals surface area contributed by atoms with Crippen molar-refractivity contribution < 1.29 is 23.8 Å². The Hall–Kier alpha value is -3.85. The maximum atomic E-state index is 14.5. The van der Waals surface area contributed by atoms with Crippen molar-refractivity contribution in [3.05, 3.63) is 65.0 Å². The molecule has 1 aliphatic carbocycles. The molecular weight excluding hydrogens is 521 g/mol. The number of ether oxygens (including phenoxy) is 1. The monoisotopic (exact) mass is 559 g/mol. The van der Waals surface area contributed by atoms with E-state index in [1.54, 1.807) is 6.07 Å². The minimum absolute atomic E-state index is 0.150. The Kier molecular flexibility index (Phi) is 10.4. The van der Waals surface area contributed by atoms with Crippen LogP contribution in [0.25, 0.3) is 0 Å². The molecule has 1 aliphatic heterocycles. The lowest BCUT2D eigenvalue weighted by Gasteiger charge is -2.29. The van der Waals surface area contributed by atoms with Crippen molar-refractivity contribution in [3.63, 3.8) is 0 Å². The molecule has 1 unspecified atom stereocenters. The van der Waals surface area contributed by atoms with Crippen molar-refractivity contribution >= 4 is 11.8 Å². The lowest BCUT2D eigenvalue weighted by molar-refractivity contribution is -0.127. The molecule has 3 atom stereocenters. The maximum Gasteiger partial charge on any atom is 0.224 e. The number of halogens is 1. The first-order valence-electron chi connectivity index (χ1n) is 14.2. The fraction of sp³-hybridized carbons (Fsp3) is 0.455. The first-order chi connectivity index (χ1) is 19.8. The van der Waals surface area contributed by atoms with Gasteiger partial charge in [0.1, 0.15) is 11.6 Å². The number of fused-ring (bicyclic) bond motifs is 2. The fourth-order valence-corrected chi connectivity index (χ4v) is 5.21. The summed E-state index contributed by atoms with van der Waals surface area (Å²) in [6.07, 6.45) is 14.1. The van der Waals surface area contributed by atoms with Gasteiger partial charge in [0.15, 0.2) is 0 Å². The zero-order chi connectivity index (χ0) is 29.2. The molecule has 0 spiro atoms. The van der Waals surface area contributed by atoms with E-state index in [1.807, 2.05) is 24.3 Å². The molecule has 2 aromatic rings. The van der Waals surface area contributed by atoms with Crippen molar-refractivity contribution in [2.24, 2.45) is 5.92 Å². The van der Waals surface area contributed by atoms with Gasteiger partial charge < -0.3 is 25.8 Å². The summed E-state index contributed by atoms with van der Waals surface area (Å²) >= 11 is 0. The Balaban J connectivity index is 1.55. The van der Waals surface area contributed by atoms with Crippen LogP contribution in [-0.4, -0.2) is 48.8 Å². The first kappa shape index (κ1) is 30.1. The molecule has 2 aliphatic rings. The molecule has 1 fully saturated rings. The lowest BCUT2D eigenvalue weighted by Crippen LogP contribution is -2.51. The number of benzene rings is 2. The Morgan fingerprint density at radius 3 is 2.76 bits per heavy atom. The van der Waals surface area contributed by atoms with Gasteiger partial charge >= 0.3 is 0 Å². The third kappa shape index (κ3) is 8.57. The summed E-state index contributed by atoms with van der Waals surface area (Å²) in [4.78, 5) is 25.7. The second-order valence-electron chi connectivity index (χ2n) is 10.9. The molecule has 2 bridgehead atoms. The molecule has 0 radical (unpaired) electrons. The zero-order valence-corrected chi connectivity index (χ0v) is 23.3. The van der Waals surface area contributed by atoms with Gasteiger partial charge in [-0.25, -0.2) is 4.39 Å². The molecule has 4 N–H and O–H groups in total. The van der Waals surface area contributed by atoms with Gasteiger partial charge in [0.25, 0.3) is 0 Å². The van der Waals surface area contributed by atoms with Gasteiger partial charge in [-0.1, -0.05) is 18.1 Å². The topological polar surface area (TPSA) is 99.7 Å². The average molecular weight is 560 g/mol. The number of aliphatic hydroxyl groups excluding tert-OH is 1. The fourth-order valence-electron chi connectivity index (χ4n) is 5.21. The minimum atomic E-state index is -1.00. The van der Waals surface area contributed by atoms with E-state index < -0.39 is 23.9 Å². The van der Waals surface area contributed by atoms with Crippen LogP contribution in [0.4, 0.5) is 4.39 Å². The quantitative estimate of drug-likeness (QED) is 0.408. The van der Waals surface area contributed by atoms with Gasteiger partial charge in [0.05, 0.1) is 18.8 Å². The van der Waals surface area contributed by atoms with Gasteiger partial charge in [-0.05, 0) is 73.9 Å². The minimum Gasteiger partial charge on any atom is -0.493 e. The van der Waals surface area contributed by atoms with Crippen LogP contribution in [0.1, 0.15) is 61.6 Å². The second kappa shape index (κ2) is 14.2. The molecule has 1 heterocycles. The molecule has 4 rings (SSSR count). The van der Waals surface area contributed by atoms with E-state index in [9.17, 15) is 19.1 Å². The summed E-state index contributed by atoms with van der Waals surface area (Å²) in [5, 5.41) is 20.7. The van der Waals surface area contributed by atoms with Crippen LogP contribution >= 0.6 is 0 Å². The number of nitrogens with one attached hydrogen (secondary N) is 3.